The number of nitrogens with zero attached hydrogens (tertiary/aromatic N) is 2. The zero-order valence-electron chi connectivity index (χ0n) is 17.3. The van der Waals surface area contributed by atoms with Gasteiger partial charge < -0.3 is 19.5 Å². The van der Waals surface area contributed by atoms with Gasteiger partial charge in [-0.05, 0) is 48.7 Å². The predicted molar refractivity (Wildman–Crippen MR) is 111 cm³/mol. The van der Waals surface area contributed by atoms with E-state index in [1.807, 2.05) is 18.3 Å². The number of rotatable bonds is 7. The van der Waals surface area contributed by atoms with E-state index in [1.165, 1.54) is 5.56 Å². The van der Waals surface area contributed by atoms with Crippen LogP contribution < -0.4 is 19.5 Å². The van der Waals surface area contributed by atoms with Crippen LogP contribution in [0.4, 0.5) is 0 Å². The Labute approximate surface area is 167 Å². The van der Waals surface area contributed by atoms with E-state index in [-0.39, 0.29) is 6.04 Å². The normalized spacial score (nSPS) is 16.3. The average Bonchev–Trinajstić information content (AvgIpc) is 3.03. The van der Waals surface area contributed by atoms with E-state index in [0.717, 1.165) is 50.3 Å². The molecule has 28 heavy (non-hydrogen) atoms. The Morgan fingerprint density at radius 1 is 1.04 bits per heavy atom. The number of methoxy groups -OCH3 is 3. The molecule has 1 aliphatic rings. The summed E-state index contributed by atoms with van der Waals surface area (Å²) < 4.78 is 16.7. The molecule has 0 bridgehead atoms. The molecule has 0 spiro atoms. The van der Waals surface area contributed by atoms with Gasteiger partial charge in [0.05, 0.1) is 33.1 Å². The fourth-order valence-corrected chi connectivity index (χ4v) is 3.76. The first kappa shape index (κ1) is 20.4. The number of ether oxygens (including phenoxy) is 3. The molecule has 1 aromatic heterocycles. The van der Waals surface area contributed by atoms with Gasteiger partial charge in [0.25, 0.3) is 0 Å². The van der Waals surface area contributed by atoms with E-state index in [0.29, 0.717) is 17.2 Å². The molecule has 1 aliphatic heterocycles. The Morgan fingerprint density at radius 3 is 2.36 bits per heavy atom. The Bertz CT molecular complexity index is 731. The number of nitrogens with one attached hydrogen (secondary N) is 1. The van der Waals surface area contributed by atoms with Gasteiger partial charge in [-0.15, -0.1) is 0 Å². The molecule has 0 amide bonds. The van der Waals surface area contributed by atoms with Crippen molar-refractivity contribution in [2.75, 3.05) is 47.5 Å². The summed E-state index contributed by atoms with van der Waals surface area (Å²) in [5, 5.41) is 3.49. The van der Waals surface area contributed by atoms with Crippen molar-refractivity contribution in [3.8, 4) is 17.2 Å². The van der Waals surface area contributed by atoms with Crippen molar-refractivity contribution in [2.24, 2.45) is 0 Å². The van der Waals surface area contributed by atoms with Crippen molar-refractivity contribution in [1.29, 1.82) is 0 Å². The van der Waals surface area contributed by atoms with Crippen molar-refractivity contribution in [2.45, 2.75) is 25.8 Å². The standard InChI is InChI=1S/C22H31N3O3/c1-5-16-7-8-18(24-15-16)21(25-11-6-9-23-10-12-25)17-13-19(26-2)22(28-4)20(14-17)27-3/h7-8,13-15,21,23H,5-6,9-12H2,1-4H3. The van der Waals surface area contributed by atoms with E-state index in [4.69, 9.17) is 19.2 Å². The van der Waals surface area contributed by atoms with Crippen molar-refractivity contribution >= 4 is 0 Å². The van der Waals surface area contributed by atoms with E-state index in [9.17, 15) is 0 Å². The molecule has 0 aliphatic carbocycles. The number of pyridine rings is 1. The first-order chi connectivity index (χ1) is 13.7. The third kappa shape index (κ3) is 4.39. The minimum atomic E-state index is 0.0273. The lowest BCUT2D eigenvalue weighted by Crippen LogP contribution is -2.33. The van der Waals surface area contributed by atoms with Gasteiger partial charge in [0, 0.05) is 25.8 Å². The van der Waals surface area contributed by atoms with Crippen LogP contribution in [0.25, 0.3) is 0 Å². The molecule has 1 saturated heterocycles. The van der Waals surface area contributed by atoms with Crippen LogP contribution >= 0.6 is 0 Å². The molecule has 2 heterocycles. The van der Waals surface area contributed by atoms with Gasteiger partial charge in [-0.2, -0.15) is 0 Å². The van der Waals surface area contributed by atoms with Crippen molar-refractivity contribution in [1.82, 2.24) is 15.2 Å². The fourth-order valence-electron chi connectivity index (χ4n) is 3.76. The highest BCUT2D eigenvalue weighted by Gasteiger charge is 2.27. The smallest absolute Gasteiger partial charge is 0.203 e. The second-order valence-corrected chi connectivity index (χ2v) is 6.95. The predicted octanol–water partition coefficient (Wildman–Crippen LogP) is 3.05. The van der Waals surface area contributed by atoms with Crippen LogP contribution in [0.3, 0.4) is 0 Å². The summed E-state index contributed by atoms with van der Waals surface area (Å²) in [6.07, 6.45) is 4.07. The lowest BCUT2D eigenvalue weighted by Gasteiger charge is -2.31. The van der Waals surface area contributed by atoms with Crippen molar-refractivity contribution in [3.63, 3.8) is 0 Å². The molecule has 1 unspecified atom stereocenters. The molecule has 1 atom stereocenters. The van der Waals surface area contributed by atoms with E-state index >= 15 is 0 Å². The van der Waals surface area contributed by atoms with Crippen LogP contribution in [-0.2, 0) is 6.42 Å². The summed E-state index contributed by atoms with van der Waals surface area (Å²) in [7, 11) is 4.93. The maximum Gasteiger partial charge on any atom is 0.203 e. The van der Waals surface area contributed by atoms with Gasteiger partial charge in [-0.1, -0.05) is 13.0 Å². The molecule has 3 rings (SSSR count). The van der Waals surface area contributed by atoms with E-state index in [1.54, 1.807) is 21.3 Å². The molecular formula is C22H31N3O3. The van der Waals surface area contributed by atoms with Crippen molar-refractivity contribution in [3.05, 3.63) is 47.3 Å². The van der Waals surface area contributed by atoms with Crippen LogP contribution in [0.1, 0.15) is 36.2 Å². The highest BCUT2D eigenvalue weighted by atomic mass is 16.5. The molecule has 0 saturated carbocycles. The maximum atomic E-state index is 5.60. The van der Waals surface area contributed by atoms with Crippen LogP contribution in [0, 0.1) is 0 Å². The number of benzene rings is 1. The Morgan fingerprint density at radius 2 is 1.79 bits per heavy atom. The molecular weight excluding hydrogens is 354 g/mol. The second kappa shape index (κ2) is 9.75. The summed E-state index contributed by atoms with van der Waals surface area (Å²) in [5.41, 5.74) is 3.37. The lowest BCUT2D eigenvalue weighted by molar-refractivity contribution is 0.235. The molecule has 6 nitrogen and oxygen atoms in total. The van der Waals surface area contributed by atoms with Crippen LogP contribution in [0.15, 0.2) is 30.5 Å². The molecule has 1 N–H and O–H groups in total. The number of aromatic nitrogens is 1. The van der Waals surface area contributed by atoms with Gasteiger partial charge in [0.2, 0.25) is 5.75 Å². The van der Waals surface area contributed by atoms with Gasteiger partial charge in [-0.25, -0.2) is 0 Å². The molecule has 1 aromatic carbocycles. The molecule has 6 heteroatoms. The number of hydrogen-bond donors (Lipinski definition) is 1. The zero-order chi connectivity index (χ0) is 19.9. The topological polar surface area (TPSA) is 55.9 Å². The van der Waals surface area contributed by atoms with Gasteiger partial charge in [0.15, 0.2) is 11.5 Å². The minimum Gasteiger partial charge on any atom is -0.493 e. The number of hydrogen-bond acceptors (Lipinski definition) is 6. The monoisotopic (exact) mass is 385 g/mol. The Hall–Kier alpha value is -2.31. The molecule has 1 fully saturated rings. The first-order valence-electron chi connectivity index (χ1n) is 9.91. The average molecular weight is 386 g/mol. The summed E-state index contributed by atoms with van der Waals surface area (Å²) in [6.45, 7) is 6.12. The van der Waals surface area contributed by atoms with Gasteiger partial charge in [-0.3, -0.25) is 9.88 Å². The highest BCUT2D eigenvalue weighted by molar-refractivity contribution is 5.55. The van der Waals surface area contributed by atoms with Gasteiger partial charge in [0.1, 0.15) is 0 Å². The third-order valence-electron chi connectivity index (χ3n) is 5.28. The lowest BCUT2D eigenvalue weighted by atomic mass is 9.99. The molecule has 152 valence electrons. The van der Waals surface area contributed by atoms with E-state index < -0.39 is 0 Å². The highest BCUT2D eigenvalue weighted by Crippen LogP contribution is 2.42. The summed E-state index contributed by atoms with van der Waals surface area (Å²) in [5.74, 6) is 1.94. The first-order valence-corrected chi connectivity index (χ1v) is 9.91. The Balaban J connectivity index is 2.09. The minimum absolute atomic E-state index is 0.0273. The molecule has 2 aromatic rings. The Kier molecular flexibility index (Phi) is 7.12. The van der Waals surface area contributed by atoms with Crippen LogP contribution in [0.5, 0.6) is 17.2 Å². The second-order valence-electron chi connectivity index (χ2n) is 6.95. The van der Waals surface area contributed by atoms with E-state index in [2.05, 4.69) is 29.3 Å². The van der Waals surface area contributed by atoms with Crippen molar-refractivity contribution < 1.29 is 14.2 Å². The fraction of sp³-hybridized carbons (Fsp3) is 0.500. The zero-order valence-corrected chi connectivity index (χ0v) is 17.3. The SMILES string of the molecule is CCc1ccc(C(c2cc(OC)c(OC)c(OC)c2)N2CCCNCC2)nc1. The van der Waals surface area contributed by atoms with Gasteiger partial charge >= 0.3 is 0 Å². The number of aryl methyl sites for hydroxylation is 1. The quantitative estimate of drug-likeness (QED) is 0.791. The maximum absolute atomic E-state index is 5.60. The van der Waals surface area contributed by atoms with Crippen LogP contribution in [0.2, 0.25) is 0 Å². The third-order valence-corrected chi connectivity index (χ3v) is 5.28. The van der Waals surface area contributed by atoms with Crippen LogP contribution in [-0.4, -0.2) is 57.4 Å². The largest absolute Gasteiger partial charge is 0.493 e. The molecule has 0 radical (unpaired) electrons. The summed E-state index contributed by atoms with van der Waals surface area (Å²) >= 11 is 0. The summed E-state index contributed by atoms with van der Waals surface area (Å²) in [6, 6.07) is 8.42. The summed E-state index contributed by atoms with van der Waals surface area (Å²) in [4.78, 5) is 7.29.